The molecule has 10 heteroatoms. The van der Waals surface area contributed by atoms with Gasteiger partial charge in [-0.05, 0) is 34.9 Å². The van der Waals surface area contributed by atoms with Crippen LogP contribution < -0.4 is 5.32 Å². The molecule has 1 N–H and O–H groups in total. The Morgan fingerprint density at radius 2 is 1.53 bits per heavy atom. The first-order valence-electron chi connectivity index (χ1n) is 8.47. The summed E-state index contributed by atoms with van der Waals surface area (Å²) in [5.74, 6) is -3.10. The number of benzene rings is 2. The highest BCUT2D eigenvalue weighted by Crippen LogP contribution is 2.38. The molecule has 0 aliphatic heterocycles. The van der Waals surface area contributed by atoms with Crippen LogP contribution in [0.4, 0.5) is 26.3 Å². The Morgan fingerprint density at radius 3 is 2.03 bits per heavy atom. The Morgan fingerprint density at radius 1 is 0.967 bits per heavy atom. The summed E-state index contributed by atoms with van der Waals surface area (Å²) in [5, 5.41) is 2.29. The largest absolute Gasteiger partial charge is 0.399 e. The Hall–Kier alpha value is -2.19. The minimum Gasteiger partial charge on any atom is -0.352 e. The Bertz CT molecular complexity index is 887. The van der Waals surface area contributed by atoms with Crippen LogP contribution in [-0.2, 0) is 11.3 Å². The van der Waals surface area contributed by atoms with E-state index >= 15 is 0 Å². The maximum Gasteiger partial charge on any atom is 0.399 e. The molecule has 0 spiro atoms. The summed E-state index contributed by atoms with van der Waals surface area (Å²) in [6, 6.07) is 9.65. The molecule has 30 heavy (non-hydrogen) atoms. The van der Waals surface area contributed by atoms with Gasteiger partial charge in [-0.3, -0.25) is 4.79 Å². The molecule has 0 aliphatic rings. The van der Waals surface area contributed by atoms with Crippen LogP contribution in [0.3, 0.4) is 0 Å². The maximum atomic E-state index is 13.5. The fraction of sp³-hybridized carbons (Fsp3) is 0.250. The minimum atomic E-state index is -4.60. The summed E-state index contributed by atoms with van der Waals surface area (Å²) in [5.41, 5.74) is 0.819. The van der Waals surface area contributed by atoms with Crippen LogP contribution in [-0.4, -0.2) is 18.3 Å². The number of carbonyl (C=O) groups excluding carboxylic acids is 1. The monoisotopic (exact) mass is 469 g/mol. The number of rotatable bonds is 6. The van der Waals surface area contributed by atoms with Gasteiger partial charge in [-0.25, -0.2) is 0 Å². The van der Waals surface area contributed by atoms with Gasteiger partial charge in [0.2, 0.25) is 5.91 Å². The fourth-order valence-corrected chi connectivity index (χ4v) is 3.11. The lowest BCUT2D eigenvalue weighted by Crippen LogP contribution is -2.28. The van der Waals surface area contributed by atoms with Crippen molar-refractivity contribution >= 4 is 35.2 Å². The second-order valence-corrected chi connectivity index (χ2v) is 7.26. The van der Waals surface area contributed by atoms with Crippen molar-refractivity contribution in [2.45, 2.75) is 31.2 Å². The molecule has 162 valence electrons. The van der Waals surface area contributed by atoms with Crippen LogP contribution in [0.15, 0.2) is 48.5 Å². The zero-order valence-electron chi connectivity index (χ0n) is 15.1. The van der Waals surface area contributed by atoms with Crippen molar-refractivity contribution < 1.29 is 31.1 Å². The van der Waals surface area contributed by atoms with Gasteiger partial charge in [-0.2, -0.15) is 26.3 Å². The average Bonchev–Trinajstić information content (AvgIpc) is 2.57. The molecule has 0 aromatic heterocycles. The van der Waals surface area contributed by atoms with E-state index in [-0.39, 0.29) is 22.2 Å². The average molecular weight is 470 g/mol. The summed E-state index contributed by atoms with van der Waals surface area (Å²) in [7, 11) is 0. The van der Waals surface area contributed by atoms with Gasteiger partial charge in [0, 0.05) is 16.6 Å². The van der Waals surface area contributed by atoms with Crippen LogP contribution in [0.25, 0.3) is 6.08 Å². The molecular weight excluding hydrogens is 455 g/mol. The number of allylic oxidation sites excluding steroid dienone is 1. The van der Waals surface area contributed by atoms with Crippen LogP contribution >= 0.6 is 23.2 Å². The molecule has 0 radical (unpaired) electrons. The van der Waals surface area contributed by atoms with Gasteiger partial charge in [-0.15, -0.1) is 0 Å². The topological polar surface area (TPSA) is 29.1 Å². The maximum absolute atomic E-state index is 13.5. The number of halogens is 8. The summed E-state index contributed by atoms with van der Waals surface area (Å²) < 4.78 is 76.8. The molecule has 2 aromatic rings. The number of hydrogen-bond acceptors (Lipinski definition) is 1. The molecule has 0 saturated carbocycles. The smallest absolute Gasteiger partial charge is 0.352 e. The van der Waals surface area contributed by atoms with Gasteiger partial charge in [-0.1, -0.05) is 59.6 Å². The molecule has 1 atom stereocenters. The van der Waals surface area contributed by atoms with E-state index in [4.69, 9.17) is 23.2 Å². The van der Waals surface area contributed by atoms with Crippen LogP contribution in [0.1, 0.15) is 29.0 Å². The molecule has 0 fully saturated rings. The lowest BCUT2D eigenvalue weighted by molar-refractivity contribution is -0.153. The zero-order valence-corrected chi connectivity index (χ0v) is 16.6. The molecule has 2 nitrogen and oxygen atoms in total. The molecule has 0 saturated heterocycles. The number of carbonyl (C=O) groups is 1. The van der Waals surface area contributed by atoms with Crippen LogP contribution in [0.2, 0.25) is 10.0 Å². The standard InChI is InChI=1S/C20H15Cl2F6NO/c21-15-7-14(8-16(22)9-15)17(20(26,27)28)6-5-12-1-3-13(4-2-12)11-29-18(30)10-19(23,24)25/h1-9,17H,10-11H2,(H,29,30). The van der Waals surface area contributed by atoms with E-state index in [1.807, 2.05) is 0 Å². The van der Waals surface area contributed by atoms with E-state index in [1.54, 1.807) is 0 Å². The molecule has 2 aromatic carbocycles. The van der Waals surface area contributed by atoms with E-state index in [0.29, 0.717) is 11.1 Å². The SMILES string of the molecule is O=C(CC(F)(F)F)NCc1ccc(C=CC(c2cc(Cl)cc(Cl)c2)C(F)(F)F)cc1. The number of nitrogens with one attached hydrogen (secondary N) is 1. The summed E-state index contributed by atoms with van der Waals surface area (Å²) in [6.45, 7) is -0.134. The number of hydrogen-bond donors (Lipinski definition) is 1. The first-order valence-corrected chi connectivity index (χ1v) is 9.22. The number of amides is 1. The highest BCUT2D eigenvalue weighted by molar-refractivity contribution is 6.34. The van der Waals surface area contributed by atoms with Gasteiger partial charge in [0.25, 0.3) is 0 Å². The molecule has 0 bridgehead atoms. The third-order valence-electron chi connectivity index (χ3n) is 3.91. The zero-order chi connectivity index (χ0) is 22.5. The predicted molar refractivity (Wildman–Crippen MR) is 103 cm³/mol. The highest BCUT2D eigenvalue weighted by atomic mass is 35.5. The predicted octanol–water partition coefficient (Wildman–Crippen LogP) is 6.92. The van der Waals surface area contributed by atoms with Gasteiger partial charge in [0.05, 0.1) is 5.92 Å². The normalized spacial score (nSPS) is 13.5. The lowest BCUT2D eigenvalue weighted by atomic mass is 9.97. The van der Waals surface area contributed by atoms with Gasteiger partial charge in [0.1, 0.15) is 6.42 Å². The molecule has 1 amide bonds. The first-order chi connectivity index (χ1) is 13.8. The van der Waals surface area contributed by atoms with Crippen molar-refractivity contribution in [3.63, 3.8) is 0 Å². The van der Waals surface area contributed by atoms with Crippen molar-refractivity contribution in [1.29, 1.82) is 0 Å². The van der Waals surface area contributed by atoms with Crippen LogP contribution in [0, 0.1) is 0 Å². The minimum absolute atomic E-state index is 0.0806. The van der Waals surface area contributed by atoms with Crippen molar-refractivity contribution in [1.82, 2.24) is 5.32 Å². The number of alkyl halides is 6. The highest BCUT2D eigenvalue weighted by Gasteiger charge is 2.39. The molecule has 2 rings (SSSR count). The fourth-order valence-electron chi connectivity index (χ4n) is 2.56. The van der Waals surface area contributed by atoms with E-state index in [2.05, 4.69) is 5.32 Å². The van der Waals surface area contributed by atoms with Crippen molar-refractivity contribution in [2.75, 3.05) is 0 Å². The van der Waals surface area contributed by atoms with E-state index in [9.17, 15) is 31.1 Å². The van der Waals surface area contributed by atoms with Crippen molar-refractivity contribution in [3.05, 3.63) is 75.3 Å². The van der Waals surface area contributed by atoms with E-state index < -0.39 is 30.6 Å². The Labute approximate surface area is 178 Å². The van der Waals surface area contributed by atoms with Crippen molar-refractivity contribution in [2.24, 2.45) is 0 Å². The first kappa shape index (κ1) is 24.1. The third kappa shape index (κ3) is 7.91. The second kappa shape index (κ2) is 9.75. The molecule has 0 aliphatic carbocycles. The molecular formula is C20H15Cl2F6NO. The van der Waals surface area contributed by atoms with Crippen molar-refractivity contribution in [3.8, 4) is 0 Å². The molecule has 1 unspecified atom stereocenters. The van der Waals surface area contributed by atoms with Gasteiger partial charge in [0.15, 0.2) is 0 Å². The summed E-state index contributed by atoms with van der Waals surface area (Å²) >= 11 is 11.6. The van der Waals surface area contributed by atoms with E-state index in [0.717, 1.165) is 6.08 Å². The van der Waals surface area contributed by atoms with Gasteiger partial charge >= 0.3 is 12.4 Å². The Balaban J connectivity index is 2.09. The lowest BCUT2D eigenvalue weighted by Gasteiger charge is -2.18. The van der Waals surface area contributed by atoms with Gasteiger partial charge < -0.3 is 5.32 Å². The van der Waals surface area contributed by atoms with Crippen LogP contribution in [0.5, 0.6) is 0 Å². The second-order valence-electron chi connectivity index (χ2n) is 6.39. The molecule has 0 heterocycles. The van der Waals surface area contributed by atoms with E-state index in [1.165, 1.54) is 48.5 Å². The third-order valence-corrected chi connectivity index (χ3v) is 4.34. The summed E-state index contributed by atoms with van der Waals surface area (Å²) in [6.07, 6.45) is -8.53. The summed E-state index contributed by atoms with van der Waals surface area (Å²) in [4.78, 5) is 11.2. The quantitative estimate of drug-likeness (QED) is 0.457. The Kier molecular flexibility index (Phi) is 7.82.